The van der Waals surface area contributed by atoms with Crippen LogP contribution >= 0.6 is 11.6 Å². The van der Waals surface area contributed by atoms with Crippen molar-refractivity contribution in [3.8, 4) is 0 Å². The zero-order valence-corrected chi connectivity index (χ0v) is 15.9. The summed E-state index contributed by atoms with van der Waals surface area (Å²) in [6, 6.07) is 17.5. The van der Waals surface area contributed by atoms with E-state index in [-0.39, 0.29) is 11.6 Å². The number of anilines is 2. The van der Waals surface area contributed by atoms with Crippen LogP contribution in [0.3, 0.4) is 0 Å². The summed E-state index contributed by atoms with van der Waals surface area (Å²) in [5.74, 6) is -0.752. The lowest BCUT2D eigenvalue weighted by Gasteiger charge is -2.11. The summed E-state index contributed by atoms with van der Waals surface area (Å²) in [6.07, 6.45) is 1.53. The molecule has 2 N–H and O–H groups in total. The van der Waals surface area contributed by atoms with Gasteiger partial charge in [-0.1, -0.05) is 35.9 Å². The predicted molar refractivity (Wildman–Crippen MR) is 108 cm³/mol. The number of nitrogens with zero attached hydrogens (tertiary/aromatic N) is 1. The molecule has 0 unspecified atom stereocenters. The molecule has 0 atom stereocenters. The minimum absolute atomic E-state index is 0.259. The Morgan fingerprint density at radius 2 is 1.82 bits per heavy atom. The molecule has 0 bridgehead atoms. The summed E-state index contributed by atoms with van der Waals surface area (Å²) in [6.45, 7) is 0.362. The lowest BCUT2D eigenvalue weighted by Crippen LogP contribution is -2.23. The van der Waals surface area contributed by atoms with Crippen molar-refractivity contribution in [3.63, 3.8) is 0 Å². The van der Waals surface area contributed by atoms with Crippen LogP contribution in [0.25, 0.3) is 0 Å². The van der Waals surface area contributed by atoms with E-state index in [0.29, 0.717) is 28.5 Å². The van der Waals surface area contributed by atoms with Gasteiger partial charge in [0.25, 0.3) is 5.91 Å². The zero-order chi connectivity index (χ0) is 19.9. The lowest BCUT2D eigenvalue weighted by molar-refractivity contribution is 0.0601. The van der Waals surface area contributed by atoms with Gasteiger partial charge in [0, 0.05) is 23.5 Å². The molecule has 0 aliphatic carbocycles. The van der Waals surface area contributed by atoms with Gasteiger partial charge in [-0.25, -0.2) is 4.79 Å². The van der Waals surface area contributed by atoms with Gasteiger partial charge < -0.3 is 15.4 Å². The molecule has 3 aromatic rings. The number of carbonyl (C=O) groups excluding carboxylic acids is 2. The molecular formula is C21H18ClN3O3. The Bertz CT molecular complexity index is 990. The van der Waals surface area contributed by atoms with Gasteiger partial charge in [0.15, 0.2) is 0 Å². The number of para-hydroxylation sites is 1. The summed E-state index contributed by atoms with van der Waals surface area (Å²) in [4.78, 5) is 28.4. The minimum Gasteiger partial charge on any atom is -0.465 e. The Morgan fingerprint density at radius 3 is 2.57 bits per heavy atom. The number of pyridine rings is 1. The van der Waals surface area contributed by atoms with Gasteiger partial charge in [-0.15, -0.1) is 0 Å². The number of nitrogens with one attached hydrogen (secondary N) is 2. The minimum atomic E-state index is -0.446. The number of benzene rings is 2. The van der Waals surface area contributed by atoms with Crippen molar-refractivity contribution in [2.45, 2.75) is 6.54 Å². The van der Waals surface area contributed by atoms with Crippen LogP contribution in [0.1, 0.15) is 26.4 Å². The quantitative estimate of drug-likeness (QED) is 0.611. The van der Waals surface area contributed by atoms with Gasteiger partial charge in [0.2, 0.25) is 0 Å². The van der Waals surface area contributed by atoms with Gasteiger partial charge in [0.05, 0.1) is 18.4 Å². The maximum atomic E-state index is 12.4. The monoisotopic (exact) mass is 395 g/mol. The number of hydrogen-bond donors (Lipinski definition) is 2. The number of halogens is 1. The van der Waals surface area contributed by atoms with Gasteiger partial charge in [-0.2, -0.15) is 0 Å². The SMILES string of the molecule is COC(=O)c1ccccc1Nc1ccnc(C(=O)NCc2ccc(Cl)cc2)c1. The molecule has 0 aliphatic rings. The van der Waals surface area contributed by atoms with Crippen LogP contribution in [0.2, 0.25) is 5.02 Å². The van der Waals surface area contributed by atoms with Crippen molar-refractivity contribution in [1.82, 2.24) is 10.3 Å². The van der Waals surface area contributed by atoms with Crippen molar-refractivity contribution in [1.29, 1.82) is 0 Å². The lowest BCUT2D eigenvalue weighted by atomic mass is 10.1. The molecule has 0 aliphatic heterocycles. The summed E-state index contributed by atoms with van der Waals surface area (Å²) in [5.41, 5.74) is 2.79. The van der Waals surface area contributed by atoms with Gasteiger partial charge in [-0.05, 0) is 42.0 Å². The fourth-order valence-electron chi connectivity index (χ4n) is 2.54. The maximum Gasteiger partial charge on any atom is 0.339 e. The van der Waals surface area contributed by atoms with E-state index in [1.54, 1.807) is 48.5 Å². The van der Waals surface area contributed by atoms with E-state index in [0.717, 1.165) is 5.56 Å². The van der Waals surface area contributed by atoms with E-state index < -0.39 is 5.97 Å². The molecule has 6 nitrogen and oxygen atoms in total. The molecule has 142 valence electrons. The first-order valence-corrected chi connectivity index (χ1v) is 8.87. The number of methoxy groups -OCH3 is 1. The van der Waals surface area contributed by atoms with Gasteiger partial charge in [-0.3, -0.25) is 9.78 Å². The van der Waals surface area contributed by atoms with Crippen LogP contribution in [0.4, 0.5) is 11.4 Å². The third-order valence-electron chi connectivity index (χ3n) is 3.97. The van der Waals surface area contributed by atoms with Crippen molar-refractivity contribution >= 4 is 34.9 Å². The summed E-state index contributed by atoms with van der Waals surface area (Å²) >= 11 is 5.86. The van der Waals surface area contributed by atoms with Crippen molar-refractivity contribution in [3.05, 3.63) is 88.7 Å². The second-order valence-corrected chi connectivity index (χ2v) is 6.34. The largest absolute Gasteiger partial charge is 0.465 e. The molecule has 1 aromatic heterocycles. The molecule has 0 saturated carbocycles. The maximum absolute atomic E-state index is 12.4. The number of aromatic nitrogens is 1. The fraction of sp³-hybridized carbons (Fsp3) is 0.0952. The molecule has 0 fully saturated rings. The van der Waals surface area contributed by atoms with E-state index >= 15 is 0 Å². The first-order valence-electron chi connectivity index (χ1n) is 8.50. The second-order valence-electron chi connectivity index (χ2n) is 5.90. The Balaban J connectivity index is 1.71. The average molecular weight is 396 g/mol. The predicted octanol–water partition coefficient (Wildman–Crippen LogP) is 4.20. The number of rotatable bonds is 6. The van der Waals surface area contributed by atoms with Crippen molar-refractivity contribution in [2.75, 3.05) is 12.4 Å². The fourth-order valence-corrected chi connectivity index (χ4v) is 2.67. The summed E-state index contributed by atoms with van der Waals surface area (Å²) in [5, 5.41) is 6.59. The van der Waals surface area contributed by atoms with Crippen molar-refractivity contribution in [2.24, 2.45) is 0 Å². The highest BCUT2D eigenvalue weighted by Crippen LogP contribution is 2.21. The number of carbonyl (C=O) groups is 2. The number of amides is 1. The third-order valence-corrected chi connectivity index (χ3v) is 4.22. The van der Waals surface area contributed by atoms with Crippen LogP contribution in [0.5, 0.6) is 0 Å². The Hall–Kier alpha value is -3.38. The highest BCUT2D eigenvalue weighted by atomic mass is 35.5. The highest BCUT2D eigenvalue weighted by Gasteiger charge is 2.12. The Labute approximate surface area is 167 Å². The smallest absolute Gasteiger partial charge is 0.339 e. The molecule has 7 heteroatoms. The van der Waals surface area contributed by atoms with Crippen LogP contribution in [0.15, 0.2) is 66.9 Å². The number of hydrogen-bond acceptors (Lipinski definition) is 5. The standard InChI is InChI=1S/C21H18ClN3O3/c1-28-21(27)17-4-2-3-5-18(17)25-16-10-11-23-19(12-16)20(26)24-13-14-6-8-15(22)9-7-14/h2-12H,13H2,1H3,(H,23,25)(H,24,26). The van der Waals surface area contributed by atoms with Crippen LogP contribution in [0, 0.1) is 0 Å². The topological polar surface area (TPSA) is 80.3 Å². The normalized spacial score (nSPS) is 10.2. The first-order chi connectivity index (χ1) is 13.6. The highest BCUT2D eigenvalue weighted by molar-refractivity contribution is 6.30. The van der Waals surface area contributed by atoms with Crippen LogP contribution in [-0.2, 0) is 11.3 Å². The van der Waals surface area contributed by atoms with Crippen LogP contribution in [-0.4, -0.2) is 24.0 Å². The Morgan fingerprint density at radius 1 is 1.07 bits per heavy atom. The Kier molecular flexibility index (Phi) is 6.24. The number of ether oxygens (including phenoxy) is 1. The molecule has 3 rings (SSSR count). The van der Waals surface area contributed by atoms with E-state index in [1.165, 1.54) is 13.3 Å². The molecule has 28 heavy (non-hydrogen) atoms. The zero-order valence-electron chi connectivity index (χ0n) is 15.1. The molecule has 1 heterocycles. The molecule has 0 saturated heterocycles. The summed E-state index contributed by atoms with van der Waals surface area (Å²) < 4.78 is 4.79. The molecular weight excluding hydrogens is 378 g/mol. The van der Waals surface area contributed by atoms with E-state index in [1.807, 2.05) is 12.1 Å². The molecule has 0 spiro atoms. The third kappa shape index (κ3) is 4.86. The van der Waals surface area contributed by atoms with E-state index in [2.05, 4.69) is 15.6 Å². The van der Waals surface area contributed by atoms with Gasteiger partial charge in [0.1, 0.15) is 5.69 Å². The van der Waals surface area contributed by atoms with Gasteiger partial charge >= 0.3 is 5.97 Å². The van der Waals surface area contributed by atoms with E-state index in [4.69, 9.17) is 16.3 Å². The van der Waals surface area contributed by atoms with E-state index in [9.17, 15) is 9.59 Å². The average Bonchev–Trinajstić information content (AvgIpc) is 2.73. The van der Waals surface area contributed by atoms with Crippen LogP contribution < -0.4 is 10.6 Å². The molecule has 1 amide bonds. The first kappa shape index (κ1) is 19.4. The van der Waals surface area contributed by atoms with Crippen molar-refractivity contribution < 1.29 is 14.3 Å². The molecule has 2 aromatic carbocycles. The second kappa shape index (κ2) is 9.01. The number of esters is 1. The molecule has 0 radical (unpaired) electrons. The summed E-state index contributed by atoms with van der Waals surface area (Å²) in [7, 11) is 1.33.